The summed E-state index contributed by atoms with van der Waals surface area (Å²) < 4.78 is 7.21. The molecule has 2 rings (SSSR count). The number of nitrogens with two attached hydrogens (primary N) is 1. The Balaban J connectivity index is 2.57. The van der Waals surface area contributed by atoms with Crippen molar-refractivity contribution in [2.75, 3.05) is 13.7 Å². The van der Waals surface area contributed by atoms with Crippen molar-refractivity contribution >= 4 is 5.65 Å². The highest BCUT2D eigenvalue weighted by molar-refractivity contribution is 5.54. The fourth-order valence-electron chi connectivity index (χ4n) is 1.53. The van der Waals surface area contributed by atoms with Gasteiger partial charge in [0.2, 0.25) is 0 Å². The predicted octanol–water partition coefficient (Wildman–Crippen LogP) is 0.844. The van der Waals surface area contributed by atoms with Crippen LogP contribution in [0, 0.1) is 0 Å². The number of nitrogens with zero attached hydrogens (tertiary/aromatic N) is 2. The van der Waals surface area contributed by atoms with E-state index in [0.29, 0.717) is 6.54 Å². The molecule has 0 spiro atoms. The summed E-state index contributed by atoms with van der Waals surface area (Å²) in [7, 11) is 1.65. The molecular weight excluding hydrogens is 178 g/mol. The Kier molecular flexibility index (Phi) is 2.37. The summed E-state index contributed by atoms with van der Waals surface area (Å²) in [6.45, 7) is 0.630. The molecule has 0 unspecified atom stereocenters. The number of pyridine rings is 1. The van der Waals surface area contributed by atoms with Crippen molar-refractivity contribution in [3.63, 3.8) is 0 Å². The Hall–Kier alpha value is -1.55. The lowest BCUT2D eigenvalue weighted by Crippen LogP contribution is -2.04. The highest BCUT2D eigenvalue weighted by atomic mass is 16.5. The minimum atomic E-state index is 0.630. The quantitative estimate of drug-likeness (QED) is 0.782. The van der Waals surface area contributed by atoms with Gasteiger partial charge in [-0.3, -0.25) is 0 Å². The van der Waals surface area contributed by atoms with Crippen LogP contribution >= 0.6 is 0 Å². The first kappa shape index (κ1) is 9.02. The molecule has 74 valence electrons. The van der Waals surface area contributed by atoms with E-state index >= 15 is 0 Å². The maximum atomic E-state index is 5.51. The van der Waals surface area contributed by atoms with E-state index in [2.05, 4.69) is 4.98 Å². The summed E-state index contributed by atoms with van der Waals surface area (Å²) in [4.78, 5) is 4.29. The molecular formula is C10H13N3O. The van der Waals surface area contributed by atoms with Crippen molar-refractivity contribution in [2.45, 2.75) is 6.42 Å². The number of rotatable bonds is 3. The van der Waals surface area contributed by atoms with Crippen LogP contribution in [0.25, 0.3) is 5.65 Å². The summed E-state index contributed by atoms with van der Waals surface area (Å²) in [5.74, 6) is 0.788. The normalized spacial score (nSPS) is 10.7. The average Bonchev–Trinajstić information content (AvgIpc) is 2.62. The zero-order chi connectivity index (χ0) is 9.97. The molecule has 0 fully saturated rings. The van der Waals surface area contributed by atoms with Gasteiger partial charge in [0.1, 0.15) is 0 Å². The molecule has 2 N–H and O–H groups in total. The zero-order valence-electron chi connectivity index (χ0n) is 8.10. The molecule has 14 heavy (non-hydrogen) atoms. The first-order chi connectivity index (χ1) is 6.86. The number of ether oxygens (including phenoxy) is 1. The van der Waals surface area contributed by atoms with Crippen LogP contribution in [-0.4, -0.2) is 23.0 Å². The average molecular weight is 191 g/mol. The van der Waals surface area contributed by atoms with Gasteiger partial charge in [-0.05, 0) is 18.7 Å². The van der Waals surface area contributed by atoms with E-state index in [0.717, 1.165) is 23.5 Å². The second-order valence-electron chi connectivity index (χ2n) is 3.06. The third-order valence-corrected chi connectivity index (χ3v) is 2.20. The highest BCUT2D eigenvalue weighted by Gasteiger charge is 2.05. The van der Waals surface area contributed by atoms with E-state index in [1.54, 1.807) is 7.11 Å². The Morgan fingerprint density at radius 2 is 2.43 bits per heavy atom. The van der Waals surface area contributed by atoms with Crippen molar-refractivity contribution in [1.82, 2.24) is 9.38 Å². The van der Waals surface area contributed by atoms with E-state index in [9.17, 15) is 0 Å². The van der Waals surface area contributed by atoms with Crippen LogP contribution in [0.1, 0.15) is 5.69 Å². The predicted molar refractivity (Wildman–Crippen MR) is 54.5 cm³/mol. The standard InChI is InChI=1S/C10H13N3O/c1-14-9-3-2-6-13-8(4-5-11)7-12-10(9)13/h2-3,6-7H,4-5,11H2,1H3. The second kappa shape index (κ2) is 3.67. The van der Waals surface area contributed by atoms with Gasteiger partial charge in [0.15, 0.2) is 11.4 Å². The van der Waals surface area contributed by atoms with Gasteiger partial charge in [0.05, 0.1) is 7.11 Å². The fraction of sp³-hybridized carbons (Fsp3) is 0.300. The van der Waals surface area contributed by atoms with E-state index < -0.39 is 0 Å². The van der Waals surface area contributed by atoms with E-state index in [-0.39, 0.29) is 0 Å². The van der Waals surface area contributed by atoms with Gasteiger partial charge in [-0.1, -0.05) is 0 Å². The smallest absolute Gasteiger partial charge is 0.179 e. The highest BCUT2D eigenvalue weighted by Crippen LogP contribution is 2.18. The molecule has 0 saturated heterocycles. The van der Waals surface area contributed by atoms with Gasteiger partial charge in [-0.25, -0.2) is 4.98 Å². The van der Waals surface area contributed by atoms with Crippen molar-refractivity contribution in [3.05, 3.63) is 30.2 Å². The SMILES string of the molecule is COc1cccn2c(CCN)cnc12. The van der Waals surface area contributed by atoms with Gasteiger partial charge in [-0.15, -0.1) is 0 Å². The molecule has 0 aliphatic carbocycles. The maximum absolute atomic E-state index is 5.51. The molecule has 2 aromatic rings. The van der Waals surface area contributed by atoms with Crippen LogP contribution in [0.4, 0.5) is 0 Å². The molecule has 0 aromatic carbocycles. The molecule has 4 nitrogen and oxygen atoms in total. The lowest BCUT2D eigenvalue weighted by molar-refractivity contribution is 0.417. The summed E-state index contributed by atoms with van der Waals surface area (Å²) >= 11 is 0. The van der Waals surface area contributed by atoms with Crippen molar-refractivity contribution in [2.24, 2.45) is 5.73 Å². The molecule has 0 atom stereocenters. The monoisotopic (exact) mass is 191 g/mol. The van der Waals surface area contributed by atoms with E-state index in [4.69, 9.17) is 10.5 Å². The summed E-state index contributed by atoms with van der Waals surface area (Å²) in [5, 5.41) is 0. The maximum Gasteiger partial charge on any atom is 0.179 e. The molecule has 0 bridgehead atoms. The van der Waals surface area contributed by atoms with Crippen LogP contribution in [0.2, 0.25) is 0 Å². The molecule has 4 heteroatoms. The number of aromatic nitrogens is 2. The largest absolute Gasteiger partial charge is 0.493 e. The van der Waals surface area contributed by atoms with Gasteiger partial charge >= 0.3 is 0 Å². The number of fused-ring (bicyclic) bond motifs is 1. The van der Waals surface area contributed by atoms with E-state index in [1.165, 1.54) is 0 Å². The number of methoxy groups -OCH3 is 1. The molecule has 0 saturated carbocycles. The van der Waals surface area contributed by atoms with Gasteiger partial charge in [-0.2, -0.15) is 0 Å². The first-order valence-corrected chi connectivity index (χ1v) is 4.56. The minimum absolute atomic E-state index is 0.630. The molecule has 2 aromatic heterocycles. The fourth-order valence-corrected chi connectivity index (χ4v) is 1.53. The first-order valence-electron chi connectivity index (χ1n) is 4.56. The molecule has 0 aliphatic heterocycles. The van der Waals surface area contributed by atoms with Crippen molar-refractivity contribution in [1.29, 1.82) is 0 Å². The van der Waals surface area contributed by atoms with Gasteiger partial charge < -0.3 is 14.9 Å². The summed E-state index contributed by atoms with van der Waals surface area (Å²) in [6.07, 6.45) is 4.63. The van der Waals surface area contributed by atoms with Crippen LogP contribution in [0.5, 0.6) is 5.75 Å². The number of hydrogen-bond acceptors (Lipinski definition) is 3. The lowest BCUT2D eigenvalue weighted by Gasteiger charge is -2.03. The summed E-state index contributed by atoms with van der Waals surface area (Å²) in [6, 6.07) is 3.84. The number of imidazole rings is 1. The topological polar surface area (TPSA) is 52.5 Å². The van der Waals surface area contributed by atoms with Crippen LogP contribution in [-0.2, 0) is 6.42 Å². The Bertz CT molecular complexity index is 436. The van der Waals surface area contributed by atoms with Crippen molar-refractivity contribution in [3.8, 4) is 5.75 Å². The van der Waals surface area contributed by atoms with Crippen LogP contribution in [0.3, 0.4) is 0 Å². The summed E-state index contributed by atoms with van der Waals surface area (Å²) in [5.41, 5.74) is 7.47. The molecule has 0 radical (unpaired) electrons. The Morgan fingerprint density at radius 1 is 1.57 bits per heavy atom. The third kappa shape index (κ3) is 1.33. The molecule has 2 heterocycles. The Labute approximate surface area is 82.3 Å². The van der Waals surface area contributed by atoms with Gasteiger partial charge in [0, 0.05) is 24.5 Å². The minimum Gasteiger partial charge on any atom is -0.493 e. The lowest BCUT2D eigenvalue weighted by atomic mass is 10.3. The van der Waals surface area contributed by atoms with Crippen LogP contribution in [0.15, 0.2) is 24.5 Å². The third-order valence-electron chi connectivity index (χ3n) is 2.20. The van der Waals surface area contributed by atoms with Gasteiger partial charge in [0.25, 0.3) is 0 Å². The van der Waals surface area contributed by atoms with Crippen molar-refractivity contribution < 1.29 is 4.74 Å². The molecule has 0 aliphatic rings. The molecule has 0 amide bonds. The zero-order valence-corrected chi connectivity index (χ0v) is 8.10. The number of hydrogen-bond donors (Lipinski definition) is 1. The van der Waals surface area contributed by atoms with E-state index in [1.807, 2.05) is 28.9 Å². The second-order valence-corrected chi connectivity index (χ2v) is 3.06. The Morgan fingerprint density at radius 3 is 3.14 bits per heavy atom. The van der Waals surface area contributed by atoms with Crippen LogP contribution < -0.4 is 10.5 Å².